The van der Waals surface area contributed by atoms with Gasteiger partial charge < -0.3 is 19.9 Å². The normalized spacial score (nSPS) is 24.2. The van der Waals surface area contributed by atoms with Gasteiger partial charge in [-0.2, -0.15) is 0 Å². The van der Waals surface area contributed by atoms with E-state index in [-0.39, 0.29) is 6.03 Å². The number of ether oxygens (including phenoxy) is 1. The zero-order chi connectivity index (χ0) is 16.4. The topological polar surface area (TPSA) is 44.8 Å². The second kappa shape index (κ2) is 7.11. The zero-order valence-corrected chi connectivity index (χ0v) is 14.3. The van der Waals surface area contributed by atoms with E-state index in [0.717, 1.165) is 31.7 Å². The first-order valence-electron chi connectivity index (χ1n) is 9.26. The second-order valence-corrected chi connectivity index (χ2v) is 7.37. The average Bonchev–Trinajstić information content (AvgIpc) is 3.24. The highest BCUT2D eigenvalue weighted by Gasteiger charge is 2.28. The van der Waals surface area contributed by atoms with E-state index in [1.807, 2.05) is 17.0 Å². The Labute approximate surface area is 144 Å². The minimum absolute atomic E-state index is 0.0370. The number of carbonyl (C=O) groups excluding carboxylic acids is 1. The van der Waals surface area contributed by atoms with Gasteiger partial charge in [0.1, 0.15) is 0 Å². The van der Waals surface area contributed by atoms with Crippen molar-refractivity contribution >= 4 is 11.7 Å². The van der Waals surface area contributed by atoms with Crippen LogP contribution in [-0.4, -0.2) is 48.6 Å². The minimum atomic E-state index is 0.0370. The van der Waals surface area contributed by atoms with Gasteiger partial charge in [0.05, 0.1) is 13.2 Å². The summed E-state index contributed by atoms with van der Waals surface area (Å²) in [5.41, 5.74) is 3.30. The number of likely N-dealkylation sites (tertiary alicyclic amines) is 2. The Hall–Kier alpha value is -1.59. The Morgan fingerprint density at radius 2 is 1.96 bits per heavy atom. The van der Waals surface area contributed by atoms with Gasteiger partial charge in [0.15, 0.2) is 0 Å². The van der Waals surface area contributed by atoms with E-state index in [9.17, 15) is 4.79 Å². The van der Waals surface area contributed by atoms with Gasteiger partial charge in [0.2, 0.25) is 0 Å². The monoisotopic (exact) mass is 329 g/mol. The molecule has 0 aliphatic carbocycles. The summed E-state index contributed by atoms with van der Waals surface area (Å²) in [6.45, 7) is 6.73. The van der Waals surface area contributed by atoms with Crippen LogP contribution in [0.1, 0.15) is 36.8 Å². The van der Waals surface area contributed by atoms with Gasteiger partial charge in [-0.15, -0.1) is 0 Å². The summed E-state index contributed by atoms with van der Waals surface area (Å²) in [5, 5.41) is 3.06. The fraction of sp³-hybridized carbons (Fsp3) is 0.632. The number of rotatable bonds is 3. The Morgan fingerprint density at radius 3 is 2.83 bits per heavy atom. The van der Waals surface area contributed by atoms with E-state index in [2.05, 4.69) is 16.3 Å². The fourth-order valence-electron chi connectivity index (χ4n) is 4.13. The van der Waals surface area contributed by atoms with Crippen LogP contribution >= 0.6 is 0 Å². The van der Waals surface area contributed by atoms with Crippen molar-refractivity contribution in [2.75, 3.05) is 38.0 Å². The van der Waals surface area contributed by atoms with Crippen LogP contribution < -0.4 is 5.32 Å². The van der Waals surface area contributed by atoms with E-state index in [0.29, 0.717) is 19.1 Å². The van der Waals surface area contributed by atoms with Gasteiger partial charge >= 0.3 is 6.03 Å². The van der Waals surface area contributed by atoms with Crippen LogP contribution in [0.15, 0.2) is 18.2 Å². The molecule has 1 unspecified atom stereocenters. The molecule has 0 saturated carbocycles. The van der Waals surface area contributed by atoms with Crippen molar-refractivity contribution in [2.24, 2.45) is 5.92 Å². The number of carbonyl (C=O) groups is 1. The quantitative estimate of drug-likeness (QED) is 0.927. The largest absolute Gasteiger partial charge is 0.372 e. The molecule has 5 heteroatoms. The van der Waals surface area contributed by atoms with Crippen molar-refractivity contribution in [2.45, 2.75) is 38.9 Å². The molecule has 4 rings (SSSR count). The van der Waals surface area contributed by atoms with Crippen LogP contribution in [0.5, 0.6) is 0 Å². The van der Waals surface area contributed by atoms with Crippen molar-refractivity contribution in [3.8, 4) is 0 Å². The van der Waals surface area contributed by atoms with Crippen molar-refractivity contribution in [3.05, 3.63) is 29.3 Å². The van der Waals surface area contributed by atoms with E-state index in [4.69, 9.17) is 4.74 Å². The molecule has 2 saturated heterocycles. The highest BCUT2D eigenvalue weighted by molar-refractivity contribution is 5.89. The van der Waals surface area contributed by atoms with Gasteiger partial charge in [-0.05, 0) is 61.5 Å². The highest BCUT2D eigenvalue weighted by Crippen LogP contribution is 2.24. The second-order valence-electron chi connectivity index (χ2n) is 7.37. The summed E-state index contributed by atoms with van der Waals surface area (Å²) >= 11 is 0. The molecular weight excluding hydrogens is 302 g/mol. The predicted molar refractivity (Wildman–Crippen MR) is 93.9 cm³/mol. The molecule has 0 bridgehead atoms. The summed E-state index contributed by atoms with van der Waals surface area (Å²) < 4.78 is 5.43. The molecule has 0 radical (unpaired) electrons. The molecule has 1 N–H and O–H groups in total. The van der Waals surface area contributed by atoms with Crippen LogP contribution in [0, 0.1) is 5.92 Å². The van der Waals surface area contributed by atoms with Crippen LogP contribution in [-0.2, 0) is 18.0 Å². The first kappa shape index (κ1) is 15.9. The summed E-state index contributed by atoms with van der Waals surface area (Å²) in [6, 6.07) is 6.12. The minimum Gasteiger partial charge on any atom is -0.372 e. The molecule has 5 nitrogen and oxygen atoms in total. The van der Waals surface area contributed by atoms with Gasteiger partial charge in [-0.3, -0.25) is 0 Å². The summed E-state index contributed by atoms with van der Waals surface area (Å²) in [4.78, 5) is 17.1. The first-order chi connectivity index (χ1) is 11.8. The number of anilines is 1. The van der Waals surface area contributed by atoms with E-state index < -0.39 is 0 Å². The molecule has 1 aromatic carbocycles. The molecular formula is C19H27N3O2. The fourth-order valence-corrected chi connectivity index (χ4v) is 4.13. The molecule has 3 heterocycles. The standard InChI is InChI=1S/C19H27N3O2/c23-19(20-18-5-4-16-13-24-14-17(16)10-18)22-9-6-15(12-22)11-21-7-2-1-3-8-21/h4-5,10,15H,1-3,6-9,11-14H2,(H,20,23). The summed E-state index contributed by atoms with van der Waals surface area (Å²) in [6.07, 6.45) is 5.17. The zero-order valence-electron chi connectivity index (χ0n) is 14.3. The first-order valence-corrected chi connectivity index (χ1v) is 9.26. The lowest BCUT2D eigenvalue weighted by atomic mass is 10.1. The number of nitrogens with zero attached hydrogens (tertiary/aromatic N) is 2. The van der Waals surface area contributed by atoms with Crippen LogP contribution in [0.25, 0.3) is 0 Å². The number of hydrogen-bond donors (Lipinski definition) is 1. The van der Waals surface area contributed by atoms with Crippen LogP contribution in [0.4, 0.5) is 10.5 Å². The van der Waals surface area contributed by atoms with Crippen LogP contribution in [0.2, 0.25) is 0 Å². The third-order valence-electron chi connectivity index (χ3n) is 5.51. The maximum absolute atomic E-state index is 12.5. The number of amides is 2. The molecule has 24 heavy (non-hydrogen) atoms. The smallest absolute Gasteiger partial charge is 0.321 e. The van der Waals surface area contributed by atoms with Crippen LogP contribution in [0.3, 0.4) is 0 Å². The third kappa shape index (κ3) is 3.57. The highest BCUT2D eigenvalue weighted by atomic mass is 16.5. The van der Waals surface area contributed by atoms with Crippen molar-refractivity contribution in [1.29, 1.82) is 0 Å². The molecule has 2 amide bonds. The molecule has 0 aromatic heterocycles. The summed E-state index contributed by atoms with van der Waals surface area (Å²) in [5.74, 6) is 0.627. The van der Waals surface area contributed by atoms with Crippen molar-refractivity contribution < 1.29 is 9.53 Å². The molecule has 2 fully saturated rings. The number of fused-ring (bicyclic) bond motifs is 1. The lowest BCUT2D eigenvalue weighted by Gasteiger charge is -2.29. The molecule has 1 aromatic rings. The Balaban J connectivity index is 1.29. The van der Waals surface area contributed by atoms with Gasteiger partial charge in [0, 0.05) is 25.3 Å². The van der Waals surface area contributed by atoms with Crippen molar-refractivity contribution in [1.82, 2.24) is 9.80 Å². The lowest BCUT2D eigenvalue weighted by molar-refractivity contribution is 0.134. The number of piperidine rings is 1. The van der Waals surface area contributed by atoms with Gasteiger partial charge in [-0.25, -0.2) is 4.79 Å². The number of nitrogens with one attached hydrogen (secondary N) is 1. The number of hydrogen-bond acceptors (Lipinski definition) is 3. The predicted octanol–water partition coefficient (Wildman–Crippen LogP) is 3.06. The lowest BCUT2D eigenvalue weighted by Crippen LogP contribution is -2.37. The van der Waals surface area contributed by atoms with Gasteiger partial charge in [0.25, 0.3) is 0 Å². The van der Waals surface area contributed by atoms with E-state index >= 15 is 0 Å². The molecule has 0 spiro atoms. The number of urea groups is 1. The molecule has 3 aliphatic heterocycles. The SMILES string of the molecule is O=C(Nc1ccc2c(c1)COC2)N1CCC(CN2CCCCC2)C1. The van der Waals surface area contributed by atoms with E-state index in [1.165, 1.54) is 43.5 Å². The summed E-state index contributed by atoms with van der Waals surface area (Å²) in [7, 11) is 0. The van der Waals surface area contributed by atoms with E-state index in [1.54, 1.807) is 0 Å². The average molecular weight is 329 g/mol. The molecule has 1 atom stereocenters. The Morgan fingerprint density at radius 1 is 1.12 bits per heavy atom. The van der Waals surface area contributed by atoms with Gasteiger partial charge in [-0.1, -0.05) is 12.5 Å². The molecule has 130 valence electrons. The Kier molecular flexibility index (Phi) is 4.72. The Bertz CT molecular complexity index is 598. The maximum atomic E-state index is 12.5. The third-order valence-corrected chi connectivity index (χ3v) is 5.51. The molecule has 3 aliphatic rings. The maximum Gasteiger partial charge on any atom is 0.321 e. The van der Waals surface area contributed by atoms with Crippen molar-refractivity contribution in [3.63, 3.8) is 0 Å². The number of benzene rings is 1.